The molecule has 9 nitrogen and oxygen atoms in total. The van der Waals surface area contributed by atoms with Crippen LogP contribution < -0.4 is 9.64 Å². The Kier molecular flexibility index (Phi) is 6.88. The predicted octanol–water partition coefficient (Wildman–Crippen LogP) is 3.47. The van der Waals surface area contributed by atoms with E-state index in [0.717, 1.165) is 57.6 Å². The van der Waals surface area contributed by atoms with Crippen LogP contribution in [0, 0.1) is 0 Å². The summed E-state index contributed by atoms with van der Waals surface area (Å²) >= 11 is 0. The summed E-state index contributed by atoms with van der Waals surface area (Å²) in [4.78, 5) is 29.0. The quantitative estimate of drug-likeness (QED) is 0.614. The fourth-order valence-electron chi connectivity index (χ4n) is 5.46. The molecule has 1 unspecified atom stereocenters. The average molecular weight is 484 g/mol. The van der Waals surface area contributed by atoms with Crippen molar-refractivity contribution in [1.82, 2.24) is 14.9 Å². The summed E-state index contributed by atoms with van der Waals surface area (Å²) < 4.78 is 12.2. The first-order valence-corrected chi connectivity index (χ1v) is 12.7. The van der Waals surface area contributed by atoms with E-state index in [9.17, 15) is 4.79 Å². The maximum Gasteiger partial charge on any atom is 0.413 e. The van der Waals surface area contributed by atoms with Gasteiger partial charge in [0.25, 0.3) is 0 Å². The first-order chi connectivity index (χ1) is 17.0. The van der Waals surface area contributed by atoms with E-state index >= 15 is 0 Å². The molecule has 1 aromatic carbocycles. The molecule has 1 amide bonds. The van der Waals surface area contributed by atoms with Gasteiger partial charge in [0.15, 0.2) is 0 Å². The van der Waals surface area contributed by atoms with Crippen LogP contribution in [-0.4, -0.2) is 91.0 Å². The molecular weight excluding hydrogens is 446 g/mol. The third-order valence-electron chi connectivity index (χ3n) is 7.64. The molecule has 4 heterocycles. The smallest absolute Gasteiger partial charge is 0.413 e. The topological polar surface area (TPSA) is 70.1 Å². The number of likely N-dealkylation sites (tertiary alicyclic amines) is 1. The molecule has 0 saturated carbocycles. The van der Waals surface area contributed by atoms with Crippen LogP contribution in [0.4, 0.5) is 10.5 Å². The van der Waals surface area contributed by atoms with Crippen LogP contribution in [0.1, 0.15) is 39.5 Å². The van der Waals surface area contributed by atoms with Gasteiger partial charge in [0.2, 0.25) is 6.29 Å². The molecule has 190 valence electrons. The minimum atomic E-state index is -0.528. The number of benzene rings is 1. The average Bonchev–Trinajstić information content (AvgIpc) is 3.20. The number of piperidine rings is 2. The summed E-state index contributed by atoms with van der Waals surface area (Å²) in [6, 6.07) is 9.05. The summed E-state index contributed by atoms with van der Waals surface area (Å²) in [5.41, 5.74) is 0.702. The van der Waals surface area contributed by atoms with Gasteiger partial charge in [-0.3, -0.25) is 9.74 Å². The zero-order valence-electron chi connectivity index (χ0n) is 21.0. The molecule has 0 aliphatic carbocycles. The molecule has 0 N–H and O–H groups in total. The number of ether oxygens (including phenoxy) is 2. The summed E-state index contributed by atoms with van der Waals surface area (Å²) in [5.74, 6) is 0.940. The van der Waals surface area contributed by atoms with Crippen molar-refractivity contribution < 1.29 is 19.1 Å². The van der Waals surface area contributed by atoms with Crippen LogP contribution in [0.15, 0.2) is 41.5 Å². The zero-order valence-corrected chi connectivity index (χ0v) is 21.0. The maximum atomic E-state index is 12.7. The van der Waals surface area contributed by atoms with Crippen LogP contribution in [0.5, 0.6) is 5.75 Å². The number of rotatable bonds is 6. The molecule has 1 spiro atoms. The monoisotopic (exact) mass is 483 g/mol. The lowest BCUT2D eigenvalue weighted by molar-refractivity contribution is -0.149. The molecule has 1 aromatic rings. The van der Waals surface area contributed by atoms with Crippen molar-refractivity contribution >= 4 is 18.0 Å². The van der Waals surface area contributed by atoms with Crippen molar-refractivity contribution in [1.29, 1.82) is 0 Å². The van der Waals surface area contributed by atoms with E-state index in [4.69, 9.17) is 14.3 Å². The first kappa shape index (κ1) is 23.9. The third-order valence-corrected chi connectivity index (χ3v) is 7.64. The molecular formula is C26H37N5O4. The van der Waals surface area contributed by atoms with E-state index in [1.54, 1.807) is 35.6 Å². The number of hydrogen-bond donors (Lipinski definition) is 0. The number of allylic oxidation sites excluding steroid dienone is 1. The number of amides is 1. The lowest BCUT2D eigenvalue weighted by Crippen LogP contribution is -2.50. The molecule has 5 rings (SSSR count). The minimum Gasteiger partial charge on any atom is -0.490 e. The minimum absolute atomic E-state index is 0.295. The van der Waals surface area contributed by atoms with Crippen LogP contribution in [0.25, 0.3) is 0 Å². The molecule has 0 bridgehead atoms. The molecule has 3 saturated heterocycles. The number of anilines is 1. The SMILES string of the molecule is CON1C=CC=NC1N1CC2(CCN(c3ccc(OC4CCN(C(C)C)CC4)cc3)CC2)OC1=O. The van der Waals surface area contributed by atoms with Gasteiger partial charge in [0, 0.05) is 63.2 Å². The van der Waals surface area contributed by atoms with Gasteiger partial charge in [0.05, 0.1) is 13.7 Å². The van der Waals surface area contributed by atoms with E-state index in [-0.39, 0.29) is 6.09 Å². The molecule has 4 aliphatic heterocycles. The third kappa shape index (κ3) is 5.11. The van der Waals surface area contributed by atoms with Crippen molar-refractivity contribution in [2.45, 2.75) is 63.6 Å². The van der Waals surface area contributed by atoms with Crippen LogP contribution in [0.2, 0.25) is 0 Å². The highest BCUT2D eigenvalue weighted by atomic mass is 16.7. The van der Waals surface area contributed by atoms with Crippen molar-refractivity contribution in [3.63, 3.8) is 0 Å². The Bertz CT molecular complexity index is 934. The lowest BCUT2D eigenvalue weighted by atomic mass is 9.91. The van der Waals surface area contributed by atoms with Crippen molar-refractivity contribution in [3.05, 3.63) is 36.5 Å². The second kappa shape index (κ2) is 10.1. The van der Waals surface area contributed by atoms with Crippen LogP contribution in [-0.2, 0) is 9.57 Å². The predicted molar refractivity (Wildman–Crippen MR) is 134 cm³/mol. The van der Waals surface area contributed by atoms with E-state index in [1.807, 2.05) is 0 Å². The van der Waals surface area contributed by atoms with Gasteiger partial charge in [-0.2, -0.15) is 0 Å². The van der Waals surface area contributed by atoms with E-state index in [0.29, 0.717) is 18.7 Å². The van der Waals surface area contributed by atoms with Gasteiger partial charge in [-0.05, 0) is 57.0 Å². The number of carbonyl (C=O) groups is 1. The summed E-state index contributed by atoms with van der Waals surface area (Å²) in [7, 11) is 1.57. The molecule has 4 aliphatic rings. The van der Waals surface area contributed by atoms with Crippen LogP contribution >= 0.6 is 0 Å². The summed E-state index contributed by atoms with van der Waals surface area (Å²) in [6.45, 7) is 8.89. The Labute approximate surface area is 207 Å². The molecule has 0 aromatic heterocycles. The van der Waals surface area contributed by atoms with Crippen molar-refractivity contribution in [2.75, 3.05) is 44.7 Å². The zero-order chi connectivity index (χ0) is 24.4. The van der Waals surface area contributed by atoms with Crippen LogP contribution in [0.3, 0.4) is 0 Å². The first-order valence-electron chi connectivity index (χ1n) is 12.7. The Hall–Kier alpha value is -2.78. The Balaban J connectivity index is 1.13. The van der Waals surface area contributed by atoms with Gasteiger partial charge in [-0.1, -0.05) is 0 Å². The molecule has 3 fully saturated rings. The van der Waals surface area contributed by atoms with Crippen molar-refractivity contribution in [2.24, 2.45) is 4.99 Å². The maximum absolute atomic E-state index is 12.7. The van der Waals surface area contributed by atoms with Gasteiger partial charge in [0.1, 0.15) is 17.5 Å². The standard InChI is InChI=1S/C26H37N5O4/c1-20(2)28-15-9-23(10-16-28)34-22-7-5-21(6-8-22)29-17-11-26(12-18-29)19-30(25(32)35-26)24-27-13-4-14-31(24)33-3/h4-8,13-14,20,23-24H,9-12,15-19H2,1-3H3. The Morgan fingerprint density at radius 3 is 2.46 bits per heavy atom. The second-order valence-corrected chi connectivity index (χ2v) is 10.1. The van der Waals surface area contributed by atoms with Gasteiger partial charge in [-0.15, -0.1) is 0 Å². The number of hydroxylamine groups is 2. The Morgan fingerprint density at radius 1 is 1.09 bits per heavy atom. The number of hydrogen-bond acceptors (Lipinski definition) is 8. The molecule has 0 radical (unpaired) electrons. The van der Waals surface area contributed by atoms with Crippen molar-refractivity contribution in [3.8, 4) is 5.75 Å². The Morgan fingerprint density at radius 2 is 1.80 bits per heavy atom. The molecule has 35 heavy (non-hydrogen) atoms. The van der Waals surface area contributed by atoms with Gasteiger partial charge in [-0.25, -0.2) is 14.9 Å². The van der Waals surface area contributed by atoms with E-state index in [1.165, 1.54) is 5.69 Å². The second-order valence-electron chi connectivity index (χ2n) is 10.1. The molecule has 1 atom stereocenters. The normalized spacial score (nSPS) is 25.1. The fourth-order valence-corrected chi connectivity index (χ4v) is 5.46. The highest BCUT2D eigenvalue weighted by Gasteiger charge is 2.50. The van der Waals surface area contributed by atoms with E-state index in [2.05, 4.69) is 52.9 Å². The number of aliphatic imine (C=N–C) groups is 1. The lowest BCUT2D eigenvalue weighted by Gasteiger charge is -2.39. The highest BCUT2D eigenvalue weighted by molar-refractivity contribution is 5.74. The number of nitrogens with zero attached hydrogens (tertiary/aromatic N) is 5. The van der Waals surface area contributed by atoms with Gasteiger partial charge >= 0.3 is 6.09 Å². The highest BCUT2D eigenvalue weighted by Crippen LogP contribution is 2.37. The fraction of sp³-hybridized carbons (Fsp3) is 0.615. The number of carbonyl (C=O) groups excluding carboxylic acids is 1. The summed E-state index contributed by atoms with van der Waals surface area (Å²) in [5, 5.41) is 1.56. The summed E-state index contributed by atoms with van der Waals surface area (Å²) in [6.07, 6.45) is 8.37. The molecule has 9 heteroatoms. The van der Waals surface area contributed by atoms with Gasteiger partial charge < -0.3 is 19.3 Å². The van der Waals surface area contributed by atoms with E-state index < -0.39 is 11.9 Å². The largest absolute Gasteiger partial charge is 0.490 e.